The molecule has 6 nitrogen and oxygen atoms in total. The minimum Gasteiger partial charge on any atom is -0.495 e. The van der Waals surface area contributed by atoms with Crippen molar-refractivity contribution in [2.75, 3.05) is 25.5 Å². The zero-order valence-corrected chi connectivity index (χ0v) is 19.8. The number of amides is 1. The van der Waals surface area contributed by atoms with Gasteiger partial charge in [-0.1, -0.05) is 24.3 Å². The third kappa shape index (κ3) is 4.82. The summed E-state index contributed by atoms with van der Waals surface area (Å²) in [6.45, 7) is 1.47. The Balaban J connectivity index is 1.28. The van der Waals surface area contributed by atoms with E-state index in [9.17, 15) is 18.7 Å². The summed E-state index contributed by atoms with van der Waals surface area (Å²) >= 11 is 0. The van der Waals surface area contributed by atoms with Crippen LogP contribution in [0.4, 0.5) is 14.5 Å². The highest BCUT2D eigenvalue weighted by Crippen LogP contribution is 2.36. The van der Waals surface area contributed by atoms with Crippen LogP contribution >= 0.6 is 0 Å². The molecule has 1 saturated heterocycles. The number of hydrogen-bond acceptors (Lipinski definition) is 5. The number of hydrogen-bond donors (Lipinski definition) is 2. The number of piperidine rings is 1. The highest BCUT2D eigenvalue weighted by molar-refractivity contribution is 6.05. The first-order valence-electron chi connectivity index (χ1n) is 11.7. The van der Waals surface area contributed by atoms with Crippen LogP contribution in [0.5, 0.6) is 5.75 Å². The number of carbonyl (C=O) groups is 1. The zero-order chi connectivity index (χ0) is 25.3. The lowest BCUT2D eigenvalue weighted by Gasteiger charge is -2.38. The number of fused-ring (bicyclic) bond motifs is 1. The lowest BCUT2D eigenvalue weighted by molar-refractivity contribution is -0.0278. The summed E-state index contributed by atoms with van der Waals surface area (Å²) in [7, 11) is 1.53. The quantitative estimate of drug-likeness (QED) is 0.374. The molecule has 36 heavy (non-hydrogen) atoms. The van der Waals surface area contributed by atoms with Crippen LogP contribution in [0.1, 0.15) is 34.5 Å². The van der Waals surface area contributed by atoms with Gasteiger partial charge in [-0.25, -0.2) is 8.78 Å². The number of nitrogens with one attached hydrogen (secondary N) is 1. The van der Waals surface area contributed by atoms with Gasteiger partial charge in [0.15, 0.2) is 5.76 Å². The van der Waals surface area contributed by atoms with Gasteiger partial charge >= 0.3 is 0 Å². The molecule has 5 rings (SSSR count). The van der Waals surface area contributed by atoms with Crippen LogP contribution in [0, 0.1) is 11.6 Å². The van der Waals surface area contributed by atoms with Gasteiger partial charge in [-0.3, -0.25) is 9.69 Å². The minimum absolute atomic E-state index is 0.149. The molecule has 1 fully saturated rings. The molecule has 8 heteroatoms. The van der Waals surface area contributed by atoms with E-state index in [0.717, 1.165) is 11.6 Å². The van der Waals surface area contributed by atoms with Gasteiger partial charge in [0, 0.05) is 36.7 Å². The van der Waals surface area contributed by atoms with Gasteiger partial charge in [0.25, 0.3) is 5.91 Å². The molecule has 1 amide bonds. The molecule has 0 bridgehead atoms. The van der Waals surface area contributed by atoms with Crippen molar-refractivity contribution in [3.8, 4) is 5.75 Å². The van der Waals surface area contributed by atoms with Crippen LogP contribution in [-0.4, -0.2) is 36.1 Å². The van der Waals surface area contributed by atoms with Crippen molar-refractivity contribution < 1.29 is 27.8 Å². The van der Waals surface area contributed by atoms with Crippen molar-refractivity contribution in [1.82, 2.24) is 4.90 Å². The number of para-hydroxylation sites is 2. The fraction of sp³-hybridized carbons (Fsp3) is 0.250. The van der Waals surface area contributed by atoms with Crippen LogP contribution in [-0.2, 0) is 12.1 Å². The van der Waals surface area contributed by atoms with Gasteiger partial charge in [0.1, 0.15) is 23.0 Å². The fourth-order valence-electron chi connectivity index (χ4n) is 4.64. The lowest BCUT2D eigenvalue weighted by Crippen LogP contribution is -2.42. The Hall–Kier alpha value is -3.75. The van der Waals surface area contributed by atoms with E-state index in [2.05, 4.69) is 5.32 Å². The van der Waals surface area contributed by atoms with Crippen LogP contribution in [0.25, 0.3) is 11.0 Å². The van der Waals surface area contributed by atoms with Gasteiger partial charge in [0.05, 0.1) is 18.4 Å². The van der Waals surface area contributed by atoms with Crippen molar-refractivity contribution in [2.24, 2.45) is 0 Å². The average molecular weight is 493 g/mol. The van der Waals surface area contributed by atoms with Gasteiger partial charge in [-0.05, 0) is 54.8 Å². The van der Waals surface area contributed by atoms with E-state index in [1.807, 2.05) is 23.1 Å². The standard InChI is InChI=1S/C28H26F2N2O4/c1-35-25-5-3-2-4-23(25)31-27(33)26-15-19-14-20(7-9-24(19)36-26)28(34)10-12-32(13-11-28)17-18-6-8-21(29)16-22(18)30/h2-9,14-16,34H,10-13,17H2,1H3,(H,31,33). The second-order valence-corrected chi connectivity index (χ2v) is 9.06. The summed E-state index contributed by atoms with van der Waals surface area (Å²) in [6.07, 6.45) is 0.917. The summed E-state index contributed by atoms with van der Waals surface area (Å²) in [5.41, 5.74) is 1.19. The summed E-state index contributed by atoms with van der Waals surface area (Å²) in [5.74, 6) is -0.875. The summed E-state index contributed by atoms with van der Waals surface area (Å²) in [6, 6.07) is 17.8. The Bertz CT molecular complexity index is 1410. The van der Waals surface area contributed by atoms with Crippen molar-refractivity contribution in [1.29, 1.82) is 0 Å². The normalized spacial score (nSPS) is 15.7. The number of furan rings is 1. The summed E-state index contributed by atoms with van der Waals surface area (Å²) in [4.78, 5) is 14.8. The van der Waals surface area contributed by atoms with E-state index in [0.29, 0.717) is 60.4 Å². The van der Waals surface area contributed by atoms with Gasteiger partial charge in [-0.15, -0.1) is 0 Å². The topological polar surface area (TPSA) is 74.9 Å². The second kappa shape index (κ2) is 9.72. The smallest absolute Gasteiger partial charge is 0.291 e. The summed E-state index contributed by atoms with van der Waals surface area (Å²) < 4.78 is 38.2. The van der Waals surface area contributed by atoms with Gasteiger partial charge in [-0.2, -0.15) is 0 Å². The number of halogens is 2. The first-order valence-corrected chi connectivity index (χ1v) is 11.7. The maximum atomic E-state index is 14.0. The average Bonchev–Trinajstić information content (AvgIpc) is 3.31. The number of nitrogens with zero attached hydrogens (tertiary/aromatic N) is 1. The first kappa shape index (κ1) is 24.0. The number of anilines is 1. The van der Waals surface area contributed by atoms with Crippen LogP contribution in [0.2, 0.25) is 0 Å². The van der Waals surface area contributed by atoms with Crippen molar-refractivity contribution in [2.45, 2.75) is 25.0 Å². The van der Waals surface area contributed by atoms with Crippen molar-refractivity contribution in [3.63, 3.8) is 0 Å². The zero-order valence-electron chi connectivity index (χ0n) is 19.8. The van der Waals surface area contributed by atoms with Crippen LogP contribution in [0.15, 0.2) is 71.1 Å². The molecule has 0 aliphatic carbocycles. The molecular formula is C28H26F2N2O4. The first-order chi connectivity index (χ1) is 17.3. The molecule has 0 saturated carbocycles. The van der Waals surface area contributed by atoms with E-state index in [-0.39, 0.29) is 5.76 Å². The number of carbonyl (C=O) groups excluding carboxylic acids is 1. The third-order valence-corrected chi connectivity index (χ3v) is 6.72. The number of rotatable bonds is 6. The van der Waals surface area contributed by atoms with Crippen LogP contribution < -0.4 is 10.1 Å². The molecule has 0 spiro atoms. The highest BCUT2D eigenvalue weighted by Gasteiger charge is 2.34. The van der Waals surface area contributed by atoms with Gasteiger partial charge < -0.3 is 19.6 Å². The number of aliphatic hydroxyl groups is 1. The van der Waals surface area contributed by atoms with E-state index in [4.69, 9.17) is 9.15 Å². The van der Waals surface area contributed by atoms with Crippen molar-refractivity contribution in [3.05, 3.63) is 95.3 Å². The Morgan fingerprint density at radius 2 is 1.86 bits per heavy atom. The molecule has 0 radical (unpaired) electrons. The number of benzene rings is 3. The molecule has 2 heterocycles. The highest BCUT2D eigenvalue weighted by atomic mass is 19.1. The molecule has 0 atom stereocenters. The molecule has 0 unspecified atom stereocenters. The molecule has 4 aromatic rings. The minimum atomic E-state index is -1.05. The number of methoxy groups -OCH3 is 1. The third-order valence-electron chi connectivity index (χ3n) is 6.72. The molecule has 3 aromatic carbocycles. The summed E-state index contributed by atoms with van der Waals surface area (Å²) in [5, 5.41) is 14.9. The maximum Gasteiger partial charge on any atom is 0.291 e. The Morgan fingerprint density at radius 1 is 1.08 bits per heavy atom. The molecule has 186 valence electrons. The largest absolute Gasteiger partial charge is 0.495 e. The molecule has 1 aromatic heterocycles. The van der Waals surface area contributed by atoms with Crippen LogP contribution in [0.3, 0.4) is 0 Å². The Kier molecular flexibility index (Phi) is 6.47. The number of likely N-dealkylation sites (tertiary alicyclic amines) is 1. The van der Waals surface area contributed by atoms with E-state index in [1.54, 1.807) is 30.3 Å². The lowest BCUT2D eigenvalue weighted by atomic mass is 9.84. The van der Waals surface area contributed by atoms with E-state index < -0.39 is 23.1 Å². The molecule has 1 aliphatic rings. The predicted octanol–water partition coefficient (Wildman–Crippen LogP) is 5.46. The predicted molar refractivity (Wildman–Crippen MR) is 132 cm³/mol. The second-order valence-electron chi connectivity index (χ2n) is 9.06. The fourth-order valence-corrected chi connectivity index (χ4v) is 4.64. The Labute approximate surface area is 207 Å². The monoisotopic (exact) mass is 492 g/mol. The van der Waals surface area contributed by atoms with E-state index in [1.165, 1.54) is 19.2 Å². The number of ether oxygens (including phenoxy) is 1. The SMILES string of the molecule is COc1ccccc1NC(=O)c1cc2cc(C3(O)CCN(Cc4ccc(F)cc4F)CC3)ccc2o1. The molecular weight excluding hydrogens is 466 g/mol. The molecule has 2 N–H and O–H groups in total. The van der Waals surface area contributed by atoms with Gasteiger partial charge in [0.2, 0.25) is 0 Å². The molecule has 1 aliphatic heterocycles. The van der Waals surface area contributed by atoms with E-state index >= 15 is 0 Å². The van der Waals surface area contributed by atoms with Crippen molar-refractivity contribution >= 4 is 22.6 Å². The maximum absolute atomic E-state index is 14.0. The Morgan fingerprint density at radius 3 is 2.61 bits per heavy atom.